The average molecular weight is 447 g/mol. The number of hydrogen-bond donors (Lipinski definition) is 2. The van der Waals surface area contributed by atoms with E-state index in [4.69, 9.17) is 0 Å². The van der Waals surface area contributed by atoms with Crippen molar-refractivity contribution in [2.75, 3.05) is 26.2 Å². The Bertz CT molecular complexity index is 823. The van der Waals surface area contributed by atoms with Gasteiger partial charge >= 0.3 is 0 Å². The summed E-state index contributed by atoms with van der Waals surface area (Å²) in [6.07, 6.45) is 1.56. The number of carbonyl (C=O) groups excluding carboxylic acids is 1. The van der Waals surface area contributed by atoms with Crippen molar-refractivity contribution in [3.63, 3.8) is 0 Å². The lowest BCUT2D eigenvalue weighted by molar-refractivity contribution is -0.132. The van der Waals surface area contributed by atoms with Gasteiger partial charge in [-0.25, -0.2) is 15.2 Å². The van der Waals surface area contributed by atoms with Crippen LogP contribution in [0.4, 0.5) is 4.39 Å². The van der Waals surface area contributed by atoms with E-state index >= 15 is 0 Å². The molecule has 2 heterocycles. The molecule has 0 aliphatic carbocycles. The van der Waals surface area contributed by atoms with Crippen LogP contribution in [-0.2, 0) is 11.2 Å². The highest BCUT2D eigenvalue weighted by Gasteiger charge is 2.32. The minimum atomic E-state index is -0.213. The molecule has 148 valence electrons. The lowest BCUT2D eigenvalue weighted by Crippen LogP contribution is -2.55. The van der Waals surface area contributed by atoms with E-state index in [1.807, 2.05) is 41.3 Å². The van der Waals surface area contributed by atoms with Crippen molar-refractivity contribution in [3.05, 3.63) is 69.9 Å². The van der Waals surface area contributed by atoms with Crippen LogP contribution in [0.3, 0.4) is 0 Å². The molecule has 2 aromatic rings. The molecule has 2 aliphatic rings. The number of halogens is 2. The standard InChI is InChI=1S/C21H24BrFN4O/c22-18-4-2-1-3-16(18)13-21(28)27-11-9-26(10-12-27)20-14-19(24-25-20)15-5-7-17(23)8-6-15/h1-8,19-20,24-25H,9-14H2. The maximum absolute atomic E-state index is 13.1. The highest BCUT2D eigenvalue weighted by Crippen LogP contribution is 2.25. The van der Waals surface area contributed by atoms with Gasteiger partial charge in [-0.1, -0.05) is 46.3 Å². The molecule has 5 nitrogen and oxygen atoms in total. The van der Waals surface area contributed by atoms with Crippen LogP contribution in [0.25, 0.3) is 0 Å². The zero-order valence-electron chi connectivity index (χ0n) is 15.6. The number of carbonyl (C=O) groups is 1. The molecule has 0 aromatic heterocycles. The van der Waals surface area contributed by atoms with Gasteiger partial charge in [0, 0.05) is 36.7 Å². The molecule has 2 fully saturated rings. The Labute approximate surface area is 173 Å². The zero-order valence-corrected chi connectivity index (χ0v) is 17.2. The number of amides is 1. The first-order chi connectivity index (χ1) is 13.6. The summed E-state index contributed by atoms with van der Waals surface area (Å²) in [5.74, 6) is -0.0391. The average Bonchev–Trinajstić information content (AvgIpc) is 3.20. The summed E-state index contributed by atoms with van der Waals surface area (Å²) >= 11 is 3.52. The Morgan fingerprint density at radius 3 is 2.46 bits per heavy atom. The molecular weight excluding hydrogens is 423 g/mol. The lowest BCUT2D eigenvalue weighted by atomic mass is 10.0. The third-order valence-electron chi connectivity index (χ3n) is 5.56. The Kier molecular flexibility index (Phi) is 6.06. The van der Waals surface area contributed by atoms with Crippen LogP contribution in [0.1, 0.15) is 23.6 Å². The minimum Gasteiger partial charge on any atom is -0.340 e. The van der Waals surface area contributed by atoms with Crippen LogP contribution in [0.15, 0.2) is 53.0 Å². The summed E-state index contributed by atoms with van der Waals surface area (Å²) in [7, 11) is 0. The number of nitrogens with zero attached hydrogens (tertiary/aromatic N) is 2. The summed E-state index contributed by atoms with van der Waals surface area (Å²) in [6, 6.07) is 14.7. The summed E-state index contributed by atoms with van der Waals surface area (Å²) in [4.78, 5) is 17.0. The maximum Gasteiger partial charge on any atom is 0.227 e. The topological polar surface area (TPSA) is 47.6 Å². The molecule has 2 unspecified atom stereocenters. The SMILES string of the molecule is O=C(Cc1ccccc1Br)N1CCN(C2CC(c3ccc(F)cc3)NN2)CC1. The molecule has 0 saturated carbocycles. The maximum atomic E-state index is 13.1. The van der Waals surface area contributed by atoms with E-state index in [0.29, 0.717) is 6.42 Å². The predicted octanol–water partition coefficient (Wildman–Crippen LogP) is 2.84. The smallest absolute Gasteiger partial charge is 0.227 e. The van der Waals surface area contributed by atoms with Crippen molar-refractivity contribution in [1.29, 1.82) is 0 Å². The van der Waals surface area contributed by atoms with E-state index in [2.05, 4.69) is 31.7 Å². The van der Waals surface area contributed by atoms with Crippen LogP contribution in [0.2, 0.25) is 0 Å². The monoisotopic (exact) mass is 446 g/mol. The fraction of sp³-hybridized carbons (Fsp3) is 0.381. The van der Waals surface area contributed by atoms with Gasteiger partial charge < -0.3 is 4.90 Å². The quantitative estimate of drug-likeness (QED) is 0.757. The van der Waals surface area contributed by atoms with Crippen molar-refractivity contribution >= 4 is 21.8 Å². The summed E-state index contributed by atoms with van der Waals surface area (Å²) in [5.41, 5.74) is 8.77. The van der Waals surface area contributed by atoms with Crippen LogP contribution >= 0.6 is 15.9 Å². The number of nitrogens with one attached hydrogen (secondary N) is 2. The second-order valence-corrected chi connectivity index (χ2v) is 8.18. The zero-order chi connectivity index (χ0) is 19.5. The molecule has 1 amide bonds. The molecule has 2 N–H and O–H groups in total. The first kappa shape index (κ1) is 19.5. The normalized spacial score (nSPS) is 23.1. The van der Waals surface area contributed by atoms with Gasteiger partial charge in [0.2, 0.25) is 5.91 Å². The van der Waals surface area contributed by atoms with Crippen molar-refractivity contribution in [2.24, 2.45) is 0 Å². The van der Waals surface area contributed by atoms with Crippen LogP contribution in [0, 0.1) is 5.82 Å². The van der Waals surface area contributed by atoms with Crippen LogP contribution < -0.4 is 10.9 Å². The number of benzene rings is 2. The predicted molar refractivity (Wildman–Crippen MR) is 110 cm³/mol. The third kappa shape index (κ3) is 4.43. The largest absolute Gasteiger partial charge is 0.340 e. The van der Waals surface area contributed by atoms with Crippen LogP contribution in [0.5, 0.6) is 0 Å². The van der Waals surface area contributed by atoms with E-state index in [0.717, 1.165) is 48.2 Å². The second-order valence-electron chi connectivity index (χ2n) is 7.33. The van der Waals surface area contributed by atoms with E-state index in [-0.39, 0.29) is 23.9 Å². The molecule has 7 heteroatoms. The molecular formula is C21H24BrFN4O. The van der Waals surface area contributed by atoms with Gasteiger partial charge in [-0.3, -0.25) is 9.69 Å². The fourth-order valence-corrected chi connectivity index (χ4v) is 4.32. The highest BCUT2D eigenvalue weighted by molar-refractivity contribution is 9.10. The number of rotatable bonds is 4. The van der Waals surface area contributed by atoms with Gasteiger partial charge in [0.05, 0.1) is 12.6 Å². The lowest BCUT2D eigenvalue weighted by Gasteiger charge is -2.37. The molecule has 2 aromatic carbocycles. The minimum absolute atomic E-state index is 0.167. The van der Waals surface area contributed by atoms with Gasteiger partial charge in [-0.05, 0) is 35.7 Å². The fourth-order valence-electron chi connectivity index (χ4n) is 3.89. The van der Waals surface area contributed by atoms with E-state index < -0.39 is 0 Å². The van der Waals surface area contributed by atoms with E-state index in [1.165, 1.54) is 12.1 Å². The summed E-state index contributed by atoms with van der Waals surface area (Å²) in [6.45, 7) is 3.17. The molecule has 0 bridgehead atoms. The first-order valence-electron chi connectivity index (χ1n) is 9.62. The number of hydrogen-bond acceptors (Lipinski definition) is 4. The molecule has 2 saturated heterocycles. The molecule has 4 rings (SSSR count). The van der Waals surface area contributed by atoms with Gasteiger partial charge in [-0.15, -0.1) is 0 Å². The Hall–Kier alpha value is -1.80. The van der Waals surface area contributed by atoms with Crippen molar-refractivity contribution in [2.45, 2.75) is 25.0 Å². The molecule has 2 aliphatic heterocycles. The van der Waals surface area contributed by atoms with Gasteiger partial charge in [0.1, 0.15) is 5.82 Å². The Morgan fingerprint density at radius 1 is 1.04 bits per heavy atom. The van der Waals surface area contributed by atoms with Crippen LogP contribution in [-0.4, -0.2) is 48.1 Å². The van der Waals surface area contributed by atoms with Crippen molar-refractivity contribution in [1.82, 2.24) is 20.7 Å². The summed E-state index contributed by atoms with van der Waals surface area (Å²) < 4.78 is 14.1. The highest BCUT2D eigenvalue weighted by atomic mass is 79.9. The van der Waals surface area contributed by atoms with E-state index in [1.54, 1.807) is 0 Å². The summed E-state index contributed by atoms with van der Waals surface area (Å²) in [5, 5.41) is 0. The van der Waals surface area contributed by atoms with Gasteiger partial charge in [-0.2, -0.15) is 0 Å². The molecule has 0 spiro atoms. The molecule has 2 atom stereocenters. The van der Waals surface area contributed by atoms with Gasteiger partial charge in [0.15, 0.2) is 0 Å². The Balaban J connectivity index is 1.28. The molecule has 0 radical (unpaired) electrons. The first-order valence-corrected chi connectivity index (χ1v) is 10.4. The number of piperazine rings is 1. The third-order valence-corrected chi connectivity index (χ3v) is 6.34. The second kappa shape index (κ2) is 8.69. The van der Waals surface area contributed by atoms with Crippen molar-refractivity contribution < 1.29 is 9.18 Å². The van der Waals surface area contributed by atoms with Gasteiger partial charge in [0.25, 0.3) is 0 Å². The molecule has 28 heavy (non-hydrogen) atoms. The number of hydrazine groups is 1. The van der Waals surface area contributed by atoms with E-state index in [9.17, 15) is 9.18 Å². The van der Waals surface area contributed by atoms with Crippen molar-refractivity contribution in [3.8, 4) is 0 Å². The Morgan fingerprint density at radius 2 is 1.75 bits per heavy atom.